The molecule has 0 aromatic rings. The molecule has 0 aliphatic heterocycles. The number of ether oxygens (including phenoxy) is 4. The number of hydrogen-bond acceptors (Lipinski definition) is 15. The molecule has 0 saturated heterocycles. The zero-order valence-electron chi connectivity index (χ0n) is 65.7. The van der Waals surface area contributed by atoms with Crippen molar-refractivity contribution in [2.75, 3.05) is 39.6 Å². The number of phosphoric ester groups is 2. The van der Waals surface area contributed by atoms with Crippen LogP contribution in [0.4, 0.5) is 0 Å². The van der Waals surface area contributed by atoms with Crippen molar-refractivity contribution in [1.29, 1.82) is 0 Å². The number of aliphatic hydroxyl groups excluding tert-OH is 1. The van der Waals surface area contributed by atoms with E-state index in [9.17, 15) is 43.2 Å². The quantitative estimate of drug-likeness (QED) is 0.0222. The predicted octanol–water partition coefficient (Wildman–Crippen LogP) is 24.1. The highest BCUT2D eigenvalue weighted by molar-refractivity contribution is 7.47. The van der Waals surface area contributed by atoms with Crippen molar-refractivity contribution in [2.45, 2.75) is 439 Å². The minimum atomic E-state index is -4.96. The molecule has 5 atom stereocenters. The number of aliphatic hydroxyl groups is 1. The van der Waals surface area contributed by atoms with Crippen LogP contribution in [0.1, 0.15) is 421 Å². The lowest BCUT2D eigenvalue weighted by Crippen LogP contribution is -2.30. The van der Waals surface area contributed by atoms with E-state index >= 15 is 0 Å². The topological polar surface area (TPSA) is 237 Å². The molecule has 0 bridgehead atoms. The van der Waals surface area contributed by atoms with Crippen LogP contribution in [0.15, 0.2) is 0 Å². The largest absolute Gasteiger partial charge is 0.472 e. The fourth-order valence-electron chi connectivity index (χ4n) is 12.5. The second-order valence-corrected chi connectivity index (χ2v) is 33.5. The number of rotatable bonds is 79. The van der Waals surface area contributed by atoms with Gasteiger partial charge >= 0.3 is 39.5 Å². The summed E-state index contributed by atoms with van der Waals surface area (Å²) in [5.41, 5.74) is 0. The third-order valence-corrected chi connectivity index (χ3v) is 20.8. The second kappa shape index (κ2) is 71.3. The SMILES string of the molecule is CCCCCCCCCCCCCCCCCCCCCCCC(=O)O[C@H](COC(=O)CCCCCCCCCCCCCCC(C)C)COP(=O)(O)OC[C@@H](O)COP(=O)(O)OC[C@@H](COC(=O)CCCCCCCCC(C)C)OC(=O)CCCCCCCCCCCCCCC(C)C. The molecule has 100 heavy (non-hydrogen) atoms. The normalized spacial score (nSPS) is 14.0. The molecule has 0 rings (SSSR count). The van der Waals surface area contributed by atoms with Crippen molar-refractivity contribution in [2.24, 2.45) is 17.8 Å². The van der Waals surface area contributed by atoms with E-state index in [4.69, 9.17) is 37.0 Å². The smallest absolute Gasteiger partial charge is 0.462 e. The van der Waals surface area contributed by atoms with E-state index in [0.29, 0.717) is 31.6 Å². The van der Waals surface area contributed by atoms with Gasteiger partial charge in [-0.3, -0.25) is 37.3 Å². The summed E-state index contributed by atoms with van der Waals surface area (Å²) in [6, 6.07) is 0. The molecule has 2 unspecified atom stereocenters. The summed E-state index contributed by atoms with van der Waals surface area (Å²) >= 11 is 0. The van der Waals surface area contributed by atoms with Gasteiger partial charge in [0.2, 0.25) is 0 Å². The van der Waals surface area contributed by atoms with Crippen molar-refractivity contribution in [3.63, 3.8) is 0 Å². The molecule has 0 heterocycles. The van der Waals surface area contributed by atoms with E-state index in [1.54, 1.807) is 0 Å². The maximum atomic E-state index is 13.1. The molecule has 0 aliphatic rings. The summed E-state index contributed by atoms with van der Waals surface area (Å²) in [5.74, 6) is 0.124. The van der Waals surface area contributed by atoms with Crippen LogP contribution in [0.3, 0.4) is 0 Å². The van der Waals surface area contributed by atoms with Gasteiger partial charge in [-0.15, -0.1) is 0 Å². The van der Waals surface area contributed by atoms with Gasteiger partial charge in [-0.25, -0.2) is 9.13 Å². The molecule has 0 radical (unpaired) electrons. The molecular formula is C81H158O17P2. The Morgan fingerprint density at radius 3 is 0.680 bits per heavy atom. The number of esters is 4. The maximum absolute atomic E-state index is 13.1. The summed E-state index contributed by atoms with van der Waals surface area (Å²) in [7, 11) is -9.92. The minimum Gasteiger partial charge on any atom is -0.462 e. The molecular weight excluding hydrogens is 1310 g/mol. The van der Waals surface area contributed by atoms with Gasteiger partial charge in [0.25, 0.3) is 0 Å². The summed E-state index contributed by atoms with van der Waals surface area (Å²) < 4.78 is 68.7. The monoisotopic (exact) mass is 1470 g/mol. The van der Waals surface area contributed by atoms with Crippen LogP contribution < -0.4 is 0 Å². The first kappa shape index (κ1) is 98.1. The fraction of sp³-hybridized carbons (Fsp3) is 0.951. The number of phosphoric acid groups is 2. The Balaban J connectivity index is 5.21. The summed E-state index contributed by atoms with van der Waals surface area (Å²) in [4.78, 5) is 73.0. The van der Waals surface area contributed by atoms with Crippen LogP contribution in [-0.4, -0.2) is 96.7 Å². The van der Waals surface area contributed by atoms with Gasteiger partial charge in [-0.1, -0.05) is 370 Å². The zero-order chi connectivity index (χ0) is 73.7. The van der Waals surface area contributed by atoms with E-state index < -0.39 is 97.5 Å². The van der Waals surface area contributed by atoms with Gasteiger partial charge < -0.3 is 33.8 Å². The van der Waals surface area contributed by atoms with Crippen LogP contribution in [0.5, 0.6) is 0 Å². The van der Waals surface area contributed by atoms with Crippen molar-refractivity contribution in [3.8, 4) is 0 Å². The lowest BCUT2D eigenvalue weighted by Gasteiger charge is -2.21. The van der Waals surface area contributed by atoms with Gasteiger partial charge in [0.1, 0.15) is 19.3 Å². The average molecular weight is 1470 g/mol. The Morgan fingerprint density at radius 1 is 0.270 bits per heavy atom. The van der Waals surface area contributed by atoms with Gasteiger partial charge in [0.05, 0.1) is 26.4 Å². The summed E-state index contributed by atoms with van der Waals surface area (Å²) in [6.07, 6.45) is 59.9. The molecule has 0 aromatic carbocycles. The summed E-state index contributed by atoms with van der Waals surface area (Å²) in [5, 5.41) is 10.6. The molecule has 0 aromatic heterocycles. The number of unbranched alkanes of at least 4 members (excludes halogenated alkanes) is 47. The fourth-order valence-corrected chi connectivity index (χ4v) is 14.1. The van der Waals surface area contributed by atoms with Gasteiger partial charge in [0, 0.05) is 25.7 Å². The maximum Gasteiger partial charge on any atom is 0.472 e. The lowest BCUT2D eigenvalue weighted by atomic mass is 10.0. The molecule has 0 spiro atoms. The minimum absolute atomic E-state index is 0.106. The van der Waals surface area contributed by atoms with Crippen LogP contribution in [0, 0.1) is 17.8 Å². The van der Waals surface area contributed by atoms with Crippen molar-refractivity contribution < 1.29 is 80.2 Å². The first-order valence-corrected chi connectivity index (χ1v) is 44.8. The Labute approximate surface area is 613 Å². The average Bonchev–Trinajstić information content (AvgIpc) is 0.983. The number of hydrogen-bond donors (Lipinski definition) is 3. The molecule has 19 heteroatoms. The van der Waals surface area contributed by atoms with Crippen LogP contribution >= 0.6 is 15.6 Å². The molecule has 0 amide bonds. The highest BCUT2D eigenvalue weighted by Gasteiger charge is 2.30. The van der Waals surface area contributed by atoms with Crippen LogP contribution in [-0.2, 0) is 65.4 Å². The van der Waals surface area contributed by atoms with Crippen molar-refractivity contribution >= 4 is 39.5 Å². The zero-order valence-corrected chi connectivity index (χ0v) is 67.5. The van der Waals surface area contributed by atoms with Crippen LogP contribution in [0.25, 0.3) is 0 Å². The Morgan fingerprint density at radius 2 is 0.460 bits per heavy atom. The molecule has 0 fully saturated rings. The third-order valence-electron chi connectivity index (χ3n) is 18.9. The molecule has 3 N–H and O–H groups in total. The van der Waals surface area contributed by atoms with Gasteiger partial charge in [-0.05, 0) is 43.4 Å². The Kier molecular flexibility index (Phi) is 69.9. The van der Waals surface area contributed by atoms with E-state index in [1.165, 1.54) is 225 Å². The number of carbonyl (C=O) groups is 4. The highest BCUT2D eigenvalue weighted by atomic mass is 31.2. The predicted molar refractivity (Wildman–Crippen MR) is 409 cm³/mol. The standard InChI is InChI=1S/C81H158O17P2/c1-8-9-10-11-12-13-14-15-16-17-18-19-20-21-22-23-31-36-41-50-57-64-80(85)97-76(68-91-78(83)62-55-48-40-35-30-26-24-28-33-38-45-52-59-72(2)3)70-95-99(87,88)93-66-75(82)67-94-100(89,90)96-71-77(69-92-79(84)63-56-49-44-43-47-54-61-74(6)7)98-81(86)65-58-51-42-37-32-27-25-29-34-39-46-53-60-73(4)5/h72-77,82H,8-71H2,1-7H3,(H,87,88)(H,89,90)/t75-,76-,77-/m1/s1. The van der Waals surface area contributed by atoms with E-state index in [-0.39, 0.29) is 25.7 Å². The molecule has 594 valence electrons. The third kappa shape index (κ3) is 74.3. The van der Waals surface area contributed by atoms with E-state index in [1.807, 2.05) is 0 Å². The Bertz CT molecular complexity index is 1940. The van der Waals surface area contributed by atoms with Crippen molar-refractivity contribution in [3.05, 3.63) is 0 Å². The van der Waals surface area contributed by atoms with E-state index in [2.05, 4.69) is 48.5 Å². The second-order valence-electron chi connectivity index (χ2n) is 30.6. The molecule has 0 saturated carbocycles. The lowest BCUT2D eigenvalue weighted by molar-refractivity contribution is -0.161. The van der Waals surface area contributed by atoms with Crippen molar-refractivity contribution in [1.82, 2.24) is 0 Å². The number of carbonyl (C=O) groups excluding carboxylic acids is 4. The Hall–Kier alpha value is -1.94. The first-order valence-electron chi connectivity index (χ1n) is 41.8. The summed E-state index contributed by atoms with van der Waals surface area (Å²) in [6.45, 7) is 11.9. The van der Waals surface area contributed by atoms with Gasteiger partial charge in [-0.2, -0.15) is 0 Å². The highest BCUT2D eigenvalue weighted by Crippen LogP contribution is 2.45. The molecule has 17 nitrogen and oxygen atoms in total. The van der Waals surface area contributed by atoms with Gasteiger partial charge in [0.15, 0.2) is 12.2 Å². The van der Waals surface area contributed by atoms with E-state index in [0.717, 1.165) is 108 Å². The first-order chi connectivity index (χ1) is 48.2. The molecule has 0 aliphatic carbocycles. The van der Waals surface area contributed by atoms with Crippen LogP contribution in [0.2, 0.25) is 0 Å².